The van der Waals surface area contributed by atoms with Crippen molar-refractivity contribution < 1.29 is 4.42 Å². The van der Waals surface area contributed by atoms with Crippen molar-refractivity contribution in [3.05, 3.63) is 200 Å². The summed E-state index contributed by atoms with van der Waals surface area (Å²) in [6.07, 6.45) is 0. The van der Waals surface area contributed by atoms with E-state index in [0.717, 1.165) is 21.9 Å². The molecule has 3 heterocycles. The first-order chi connectivity index (χ1) is 28.3. The molecule has 0 aliphatic rings. The van der Waals surface area contributed by atoms with Gasteiger partial charge in [-0.05, 0) is 93.0 Å². The number of para-hydroxylation sites is 1. The first kappa shape index (κ1) is 32.1. The number of fused-ring (bicyclic) bond motifs is 9. The van der Waals surface area contributed by atoms with Crippen molar-refractivity contribution >= 4 is 75.3 Å². The second kappa shape index (κ2) is 12.7. The molecule has 0 spiro atoms. The Morgan fingerprint density at radius 3 is 1.56 bits per heavy atom. The Kier molecular flexibility index (Phi) is 7.13. The molecule has 57 heavy (non-hydrogen) atoms. The van der Waals surface area contributed by atoms with Crippen LogP contribution in [0.3, 0.4) is 0 Å². The molecule has 0 N–H and O–H groups in total. The molecule has 266 valence electrons. The molecule has 0 amide bonds. The third kappa shape index (κ3) is 5.03. The molecule has 12 aromatic rings. The van der Waals surface area contributed by atoms with E-state index in [1.165, 1.54) is 92.2 Å². The van der Waals surface area contributed by atoms with Gasteiger partial charge in [0.1, 0.15) is 11.2 Å². The van der Waals surface area contributed by atoms with E-state index in [2.05, 4.69) is 199 Å². The van der Waals surface area contributed by atoms with E-state index < -0.39 is 0 Å². The zero-order valence-electron chi connectivity index (χ0n) is 30.8. The van der Waals surface area contributed by atoms with Crippen LogP contribution in [0.5, 0.6) is 0 Å². The molecule has 0 aliphatic heterocycles. The Morgan fingerprint density at radius 1 is 0.333 bits per heavy atom. The second-order valence-electron chi connectivity index (χ2n) is 14.8. The number of hydrogen-bond donors (Lipinski definition) is 0. The first-order valence-electron chi connectivity index (χ1n) is 19.4. The lowest BCUT2D eigenvalue weighted by Crippen LogP contribution is -1.94. The predicted molar refractivity (Wildman–Crippen MR) is 243 cm³/mol. The minimum Gasteiger partial charge on any atom is -0.456 e. The van der Waals surface area contributed by atoms with Crippen molar-refractivity contribution in [3.8, 4) is 50.2 Å². The number of furan rings is 1. The van der Waals surface area contributed by atoms with Crippen LogP contribution in [0.4, 0.5) is 0 Å². The largest absolute Gasteiger partial charge is 0.456 e. The summed E-state index contributed by atoms with van der Waals surface area (Å²) in [6, 6.07) is 72.7. The van der Waals surface area contributed by atoms with Gasteiger partial charge in [0.25, 0.3) is 0 Å². The van der Waals surface area contributed by atoms with E-state index in [-0.39, 0.29) is 0 Å². The monoisotopic (exact) mass is 743 g/mol. The van der Waals surface area contributed by atoms with E-state index in [4.69, 9.17) is 4.42 Å². The highest BCUT2D eigenvalue weighted by atomic mass is 32.1. The molecule has 3 heteroatoms. The Morgan fingerprint density at radius 2 is 0.877 bits per heavy atom. The van der Waals surface area contributed by atoms with E-state index in [1.54, 1.807) is 0 Å². The molecule has 0 unspecified atom stereocenters. The lowest BCUT2D eigenvalue weighted by molar-refractivity contribution is 0.669. The summed E-state index contributed by atoms with van der Waals surface area (Å²) in [6.45, 7) is 0. The van der Waals surface area contributed by atoms with Crippen LogP contribution in [-0.4, -0.2) is 4.57 Å². The summed E-state index contributed by atoms with van der Waals surface area (Å²) in [5.41, 5.74) is 15.1. The summed E-state index contributed by atoms with van der Waals surface area (Å²) in [5.74, 6) is 0. The molecule has 3 aromatic heterocycles. The highest BCUT2D eigenvalue weighted by Crippen LogP contribution is 2.48. The Balaban J connectivity index is 1.15. The summed E-state index contributed by atoms with van der Waals surface area (Å²) in [4.78, 5) is 0. The van der Waals surface area contributed by atoms with Crippen LogP contribution in [0.2, 0.25) is 0 Å². The van der Waals surface area contributed by atoms with Gasteiger partial charge < -0.3 is 8.98 Å². The Bertz CT molecular complexity index is 3400. The maximum Gasteiger partial charge on any atom is 0.135 e. The van der Waals surface area contributed by atoms with Crippen LogP contribution < -0.4 is 0 Å². The molecular weight excluding hydrogens is 711 g/mol. The summed E-state index contributed by atoms with van der Waals surface area (Å²) < 4.78 is 11.3. The molecule has 0 atom stereocenters. The standard InChI is InChI=1S/C54H33NOS/c1-4-13-34(14-5-1)37-23-28-47-44(31-37)45-32-38(35-15-6-2-7-16-35)24-29-48(45)55(47)49-21-12-20-43-52-40(26-27-41(54(52)57-53(43)49)36-17-8-3-9-18-36)39-25-30-51-46(33-39)42-19-10-11-22-50(42)56-51/h1-33H. The average molecular weight is 744 g/mol. The first-order valence-corrected chi connectivity index (χ1v) is 20.2. The lowest BCUT2D eigenvalue weighted by Gasteiger charge is -2.11. The lowest BCUT2D eigenvalue weighted by atomic mass is 9.94. The summed E-state index contributed by atoms with van der Waals surface area (Å²) in [7, 11) is 0. The second-order valence-corrected chi connectivity index (χ2v) is 15.8. The van der Waals surface area contributed by atoms with E-state index >= 15 is 0 Å². The van der Waals surface area contributed by atoms with Crippen molar-refractivity contribution in [1.29, 1.82) is 0 Å². The molecule has 0 saturated heterocycles. The number of rotatable bonds is 5. The van der Waals surface area contributed by atoms with E-state index in [1.807, 2.05) is 17.4 Å². The molecule has 0 saturated carbocycles. The number of aromatic nitrogens is 1. The van der Waals surface area contributed by atoms with Crippen LogP contribution >= 0.6 is 11.3 Å². The van der Waals surface area contributed by atoms with Gasteiger partial charge in [-0.1, -0.05) is 152 Å². The SMILES string of the molecule is c1ccc(-c2ccc3c(c2)c2cc(-c4ccccc4)ccc2n3-c2cccc3c2sc2c(-c4ccccc4)ccc(-c4ccc5oc6ccccc6c5c4)c23)cc1. The summed E-state index contributed by atoms with van der Waals surface area (Å²) >= 11 is 1.90. The smallest absolute Gasteiger partial charge is 0.135 e. The predicted octanol–water partition coefficient (Wildman–Crippen LogP) is 15.7. The topological polar surface area (TPSA) is 18.1 Å². The van der Waals surface area contributed by atoms with Crippen LogP contribution in [0.25, 0.3) is 114 Å². The van der Waals surface area contributed by atoms with Crippen LogP contribution in [-0.2, 0) is 0 Å². The Hall–Kier alpha value is -7.20. The molecular formula is C54H33NOS. The van der Waals surface area contributed by atoms with Crippen LogP contribution in [0.1, 0.15) is 0 Å². The van der Waals surface area contributed by atoms with Gasteiger partial charge in [-0.15, -0.1) is 11.3 Å². The molecule has 0 bridgehead atoms. The third-order valence-corrected chi connectivity index (χ3v) is 12.9. The van der Waals surface area contributed by atoms with Crippen molar-refractivity contribution in [2.24, 2.45) is 0 Å². The fourth-order valence-electron chi connectivity index (χ4n) is 8.95. The molecule has 0 aliphatic carbocycles. The number of hydrogen-bond acceptors (Lipinski definition) is 2. The third-order valence-electron chi connectivity index (χ3n) is 11.6. The zero-order chi connectivity index (χ0) is 37.5. The van der Waals surface area contributed by atoms with Gasteiger partial charge in [-0.25, -0.2) is 0 Å². The highest BCUT2D eigenvalue weighted by molar-refractivity contribution is 7.27. The van der Waals surface area contributed by atoms with Crippen molar-refractivity contribution in [3.63, 3.8) is 0 Å². The zero-order valence-corrected chi connectivity index (χ0v) is 31.6. The maximum absolute atomic E-state index is 6.25. The fourth-order valence-corrected chi connectivity index (χ4v) is 10.3. The van der Waals surface area contributed by atoms with Crippen molar-refractivity contribution in [1.82, 2.24) is 4.57 Å². The van der Waals surface area contributed by atoms with Crippen molar-refractivity contribution in [2.75, 3.05) is 0 Å². The normalized spacial score (nSPS) is 11.9. The Labute approximate surface area is 333 Å². The molecule has 0 radical (unpaired) electrons. The van der Waals surface area contributed by atoms with Gasteiger partial charge in [-0.2, -0.15) is 0 Å². The maximum atomic E-state index is 6.25. The average Bonchev–Trinajstić information content (AvgIpc) is 3.96. The van der Waals surface area contributed by atoms with Gasteiger partial charge in [-0.3, -0.25) is 0 Å². The summed E-state index contributed by atoms with van der Waals surface area (Å²) in [5, 5.41) is 7.31. The molecule has 0 fully saturated rings. The highest BCUT2D eigenvalue weighted by Gasteiger charge is 2.21. The fraction of sp³-hybridized carbons (Fsp3) is 0. The van der Waals surface area contributed by atoms with Crippen LogP contribution in [0.15, 0.2) is 205 Å². The van der Waals surface area contributed by atoms with E-state index in [0.29, 0.717) is 0 Å². The van der Waals surface area contributed by atoms with E-state index in [9.17, 15) is 0 Å². The number of nitrogens with zero attached hydrogens (tertiary/aromatic N) is 1. The molecule has 9 aromatic carbocycles. The number of thiophene rings is 1. The van der Waals surface area contributed by atoms with Gasteiger partial charge in [0.2, 0.25) is 0 Å². The van der Waals surface area contributed by atoms with Gasteiger partial charge in [0.15, 0.2) is 0 Å². The van der Waals surface area contributed by atoms with Crippen molar-refractivity contribution in [2.45, 2.75) is 0 Å². The van der Waals surface area contributed by atoms with Gasteiger partial charge >= 0.3 is 0 Å². The molecule has 12 rings (SSSR count). The van der Waals surface area contributed by atoms with Gasteiger partial charge in [0, 0.05) is 37.0 Å². The minimum atomic E-state index is 0.909. The molecule has 2 nitrogen and oxygen atoms in total. The van der Waals surface area contributed by atoms with Crippen LogP contribution in [0, 0.1) is 0 Å². The number of benzene rings is 9. The van der Waals surface area contributed by atoms with Gasteiger partial charge in [0.05, 0.1) is 21.4 Å². The quantitative estimate of drug-likeness (QED) is 0.172. The minimum absolute atomic E-state index is 0.909.